The first-order valence-corrected chi connectivity index (χ1v) is 9.76. The molecule has 0 amide bonds. The van der Waals surface area contributed by atoms with Gasteiger partial charge in [-0.05, 0) is 0 Å². The first-order chi connectivity index (χ1) is 9.45. The van der Waals surface area contributed by atoms with E-state index in [9.17, 15) is 0 Å². The van der Waals surface area contributed by atoms with Gasteiger partial charge in [0.2, 0.25) is 0 Å². The molecule has 0 fully saturated rings. The molecule has 0 saturated heterocycles. The van der Waals surface area contributed by atoms with Crippen molar-refractivity contribution in [2.45, 2.75) is 25.7 Å². The maximum atomic E-state index is 2.56. The number of hydrogen-bond donors (Lipinski definition) is 0. The zero-order valence-electron chi connectivity index (χ0n) is 11.3. The molecule has 0 aliphatic carbocycles. The van der Waals surface area contributed by atoms with Gasteiger partial charge < -0.3 is 0 Å². The molecule has 2 aromatic carbocycles. The van der Waals surface area contributed by atoms with Gasteiger partial charge in [-0.3, -0.25) is 0 Å². The minimum absolute atomic E-state index is 0.338. The number of hydrogen-bond acceptors (Lipinski definition) is 0. The SMILES string of the molecule is [CH](CCc1ccccc1)=[Zr]=[CH]CCc1ccccc1. The van der Waals surface area contributed by atoms with Crippen molar-refractivity contribution in [1.82, 2.24) is 0 Å². The Balaban J connectivity index is 1.67. The molecule has 0 atom stereocenters. The molecule has 0 saturated carbocycles. The van der Waals surface area contributed by atoms with E-state index >= 15 is 0 Å². The second-order valence-corrected chi connectivity index (χ2v) is 7.45. The second-order valence-electron chi connectivity index (χ2n) is 4.62. The van der Waals surface area contributed by atoms with Crippen LogP contribution in [0.1, 0.15) is 24.0 Å². The number of aryl methyl sites for hydroxylation is 2. The summed E-state index contributed by atoms with van der Waals surface area (Å²) in [6.45, 7) is 0. The van der Waals surface area contributed by atoms with E-state index in [1.165, 1.54) is 36.8 Å². The van der Waals surface area contributed by atoms with E-state index < -0.39 is 0 Å². The number of rotatable bonds is 6. The third-order valence-corrected chi connectivity index (χ3v) is 5.65. The van der Waals surface area contributed by atoms with Gasteiger partial charge in [0.25, 0.3) is 0 Å². The fourth-order valence-corrected chi connectivity index (χ4v) is 3.96. The van der Waals surface area contributed by atoms with Gasteiger partial charge in [0, 0.05) is 0 Å². The fraction of sp³-hybridized carbons (Fsp3) is 0.222. The van der Waals surface area contributed by atoms with Crippen LogP contribution in [0.15, 0.2) is 60.7 Å². The maximum absolute atomic E-state index is 2.56. The monoisotopic (exact) mass is 326 g/mol. The van der Waals surface area contributed by atoms with Crippen molar-refractivity contribution < 1.29 is 22.3 Å². The van der Waals surface area contributed by atoms with Crippen LogP contribution in [0.4, 0.5) is 0 Å². The van der Waals surface area contributed by atoms with Crippen molar-refractivity contribution in [3.8, 4) is 0 Å². The van der Waals surface area contributed by atoms with Crippen LogP contribution < -0.4 is 0 Å². The Labute approximate surface area is 127 Å². The molecule has 0 spiro atoms. The van der Waals surface area contributed by atoms with Crippen molar-refractivity contribution in [1.29, 1.82) is 0 Å². The third-order valence-electron chi connectivity index (χ3n) is 3.08. The van der Waals surface area contributed by atoms with Crippen molar-refractivity contribution in [2.24, 2.45) is 0 Å². The van der Waals surface area contributed by atoms with E-state index in [2.05, 4.69) is 68.1 Å². The predicted molar refractivity (Wildman–Crippen MR) is 81.7 cm³/mol. The Morgan fingerprint density at radius 2 is 1.05 bits per heavy atom. The van der Waals surface area contributed by atoms with E-state index in [1.807, 2.05) is 0 Å². The van der Waals surface area contributed by atoms with Gasteiger partial charge in [0.1, 0.15) is 0 Å². The molecular formula is C18H20Zr. The Bertz CT molecular complexity index is 475. The third kappa shape index (κ3) is 6.16. The van der Waals surface area contributed by atoms with Gasteiger partial charge in [0.05, 0.1) is 0 Å². The molecule has 0 aliphatic rings. The van der Waals surface area contributed by atoms with Crippen LogP contribution in [0, 0.1) is 0 Å². The van der Waals surface area contributed by atoms with Gasteiger partial charge in [-0.25, -0.2) is 0 Å². The van der Waals surface area contributed by atoms with Crippen LogP contribution in [0.3, 0.4) is 0 Å². The molecule has 0 nitrogen and oxygen atoms in total. The van der Waals surface area contributed by atoms with Crippen LogP contribution in [0.2, 0.25) is 0 Å². The molecular weight excluding hydrogens is 307 g/mol. The summed E-state index contributed by atoms with van der Waals surface area (Å²) >= 11 is -0.338. The first-order valence-electron chi connectivity index (χ1n) is 6.92. The van der Waals surface area contributed by atoms with Crippen molar-refractivity contribution in [2.75, 3.05) is 0 Å². The molecule has 1 heteroatoms. The molecule has 0 aliphatic heterocycles. The molecule has 0 unspecified atom stereocenters. The summed E-state index contributed by atoms with van der Waals surface area (Å²) in [5.41, 5.74) is 2.92. The van der Waals surface area contributed by atoms with Gasteiger partial charge in [0.15, 0.2) is 0 Å². The zero-order valence-corrected chi connectivity index (χ0v) is 13.7. The van der Waals surface area contributed by atoms with Crippen LogP contribution in [-0.4, -0.2) is 7.42 Å². The van der Waals surface area contributed by atoms with Crippen molar-refractivity contribution >= 4 is 7.42 Å². The average molecular weight is 328 g/mol. The molecule has 0 radical (unpaired) electrons. The topological polar surface area (TPSA) is 0 Å². The predicted octanol–water partition coefficient (Wildman–Crippen LogP) is 3.94. The Hall–Kier alpha value is -0.937. The van der Waals surface area contributed by atoms with Crippen molar-refractivity contribution in [3.63, 3.8) is 0 Å². The second kappa shape index (κ2) is 9.04. The van der Waals surface area contributed by atoms with Crippen LogP contribution in [0.25, 0.3) is 0 Å². The summed E-state index contributed by atoms with van der Waals surface area (Å²) in [4.78, 5) is 0. The summed E-state index contributed by atoms with van der Waals surface area (Å²) in [5, 5.41) is 0. The molecule has 2 aromatic rings. The quantitative estimate of drug-likeness (QED) is 0.754. The molecule has 2 rings (SSSR count). The van der Waals surface area contributed by atoms with Gasteiger partial charge >= 0.3 is 127 Å². The summed E-state index contributed by atoms with van der Waals surface area (Å²) in [6, 6.07) is 21.6. The fourth-order valence-electron chi connectivity index (χ4n) is 2.02. The molecule has 0 heterocycles. The van der Waals surface area contributed by atoms with Gasteiger partial charge in [-0.1, -0.05) is 0 Å². The normalized spacial score (nSPS) is 9.68. The Kier molecular flexibility index (Phi) is 6.89. The van der Waals surface area contributed by atoms with Crippen molar-refractivity contribution in [3.05, 3.63) is 71.8 Å². The van der Waals surface area contributed by atoms with E-state index in [0.717, 1.165) is 0 Å². The van der Waals surface area contributed by atoms with E-state index in [-0.39, 0.29) is 22.3 Å². The van der Waals surface area contributed by atoms with Crippen LogP contribution in [-0.2, 0) is 35.1 Å². The summed E-state index contributed by atoms with van der Waals surface area (Å²) < 4.78 is 5.11. The van der Waals surface area contributed by atoms with Gasteiger partial charge in [-0.2, -0.15) is 0 Å². The van der Waals surface area contributed by atoms with E-state index in [4.69, 9.17) is 0 Å². The molecule has 96 valence electrons. The summed E-state index contributed by atoms with van der Waals surface area (Å²) in [7, 11) is 0. The summed E-state index contributed by atoms with van der Waals surface area (Å²) in [6.07, 6.45) is 4.90. The molecule has 0 aromatic heterocycles. The van der Waals surface area contributed by atoms with E-state index in [1.54, 1.807) is 0 Å². The minimum atomic E-state index is -0.338. The molecule has 0 bridgehead atoms. The molecule has 19 heavy (non-hydrogen) atoms. The standard InChI is InChI=1S/2C9H10.Zr/c2*1-2-6-9-7-4-3-5-8-9;/h2*1,3-5,7-8H,2,6H2;. The number of benzene rings is 2. The Morgan fingerprint density at radius 1 is 0.632 bits per heavy atom. The Morgan fingerprint density at radius 3 is 1.47 bits per heavy atom. The van der Waals surface area contributed by atoms with Crippen LogP contribution >= 0.6 is 0 Å². The van der Waals surface area contributed by atoms with E-state index in [0.29, 0.717) is 0 Å². The van der Waals surface area contributed by atoms with Crippen LogP contribution in [0.5, 0.6) is 0 Å². The molecule has 0 N–H and O–H groups in total. The zero-order chi connectivity index (χ0) is 13.2. The average Bonchev–Trinajstić information content (AvgIpc) is 2.48. The van der Waals surface area contributed by atoms with Gasteiger partial charge in [-0.15, -0.1) is 0 Å². The first kappa shape index (κ1) is 14.5. The summed E-state index contributed by atoms with van der Waals surface area (Å²) in [5.74, 6) is 0.